The Morgan fingerprint density at radius 1 is 1.00 bits per heavy atom. The van der Waals surface area contributed by atoms with Gasteiger partial charge in [-0.25, -0.2) is 0 Å². The van der Waals surface area contributed by atoms with Gasteiger partial charge in [0, 0.05) is 0 Å². The molecule has 0 aliphatic carbocycles. The first-order valence-electron chi connectivity index (χ1n) is 3.15. The molecule has 1 heterocycles. The molecule has 68 valence electrons. The number of fused-ring (bicyclic) bond motifs is 1. The van der Waals surface area contributed by atoms with Gasteiger partial charge in [-0.3, -0.25) is 0 Å². The van der Waals surface area contributed by atoms with Gasteiger partial charge in [0.15, 0.2) is 0 Å². The molecule has 0 amide bonds. The fourth-order valence-electron chi connectivity index (χ4n) is 1.07. The minimum atomic E-state index is 0. The van der Waals surface area contributed by atoms with Crippen LogP contribution < -0.4 is 41.6 Å². The molecule has 0 nitrogen and oxygen atoms in total. The molecule has 1 aliphatic heterocycles. The zero-order chi connectivity index (χ0) is 6.97. The van der Waals surface area contributed by atoms with Crippen molar-refractivity contribution >= 4 is 23.4 Å². The van der Waals surface area contributed by atoms with E-state index in [4.69, 9.17) is 0 Å². The third kappa shape index (κ3) is 3.73. The van der Waals surface area contributed by atoms with E-state index in [1.54, 1.807) is 32.4 Å². The Morgan fingerprint density at radius 2 is 1.62 bits per heavy atom. The van der Waals surface area contributed by atoms with Crippen molar-refractivity contribution in [1.29, 1.82) is 0 Å². The van der Waals surface area contributed by atoms with Crippen LogP contribution in [0.3, 0.4) is 0 Å². The number of hydrogen-bond donors (Lipinski definition) is 0. The van der Waals surface area contributed by atoms with Gasteiger partial charge in [-0.1, -0.05) is 0 Å². The van der Waals surface area contributed by atoms with E-state index in [9.17, 15) is 0 Å². The van der Waals surface area contributed by atoms with Crippen molar-refractivity contribution in [3.8, 4) is 0 Å². The molecular formula is C8H6AsCl3Zr. The summed E-state index contributed by atoms with van der Waals surface area (Å²) in [5, 5.41) is 0. The zero-order valence-corrected chi connectivity index (χ0v) is 13.3. The Hall–Kier alpha value is 1.27. The van der Waals surface area contributed by atoms with E-state index in [-0.39, 0.29) is 53.0 Å². The molecule has 5 heteroatoms. The van der Waals surface area contributed by atoms with Crippen molar-refractivity contribution < 1.29 is 61.9 Å². The van der Waals surface area contributed by atoms with Crippen LogP contribution in [0.2, 0.25) is 0 Å². The third-order valence-corrected chi connectivity index (χ3v) is 6.57. The summed E-state index contributed by atoms with van der Waals surface area (Å²) in [6, 6.07) is 8.79. The van der Waals surface area contributed by atoms with Gasteiger partial charge in [0.05, 0.1) is 0 Å². The summed E-state index contributed by atoms with van der Waals surface area (Å²) < 4.78 is 3.19. The van der Waals surface area contributed by atoms with Crippen LogP contribution in [0.1, 0.15) is 5.56 Å². The molecule has 1 aromatic carbocycles. The van der Waals surface area contributed by atoms with Crippen LogP contribution in [0.5, 0.6) is 0 Å². The Kier molecular flexibility index (Phi) is 9.69. The molecule has 0 aromatic heterocycles. The van der Waals surface area contributed by atoms with E-state index in [1.807, 2.05) is 0 Å². The number of benzene rings is 1. The second-order valence-corrected chi connectivity index (χ2v) is 5.91. The molecule has 0 radical (unpaired) electrons. The van der Waals surface area contributed by atoms with Crippen LogP contribution in [0.25, 0.3) is 3.28 Å². The van der Waals surface area contributed by atoms with Crippen molar-refractivity contribution in [1.82, 2.24) is 0 Å². The first kappa shape index (κ1) is 16.7. The fraction of sp³-hybridized carbons (Fsp3) is 0. The average molecular weight is 375 g/mol. The molecule has 0 N–H and O–H groups in total. The maximum absolute atomic E-state index is 2.45. The number of rotatable bonds is 0. The Labute approximate surface area is 119 Å². The Morgan fingerprint density at radius 3 is 2.23 bits per heavy atom. The van der Waals surface area contributed by atoms with Crippen LogP contribution in [0.4, 0.5) is 0 Å². The van der Waals surface area contributed by atoms with E-state index in [0.717, 1.165) is 0 Å². The van der Waals surface area contributed by atoms with Crippen molar-refractivity contribution in [3.05, 3.63) is 34.7 Å². The van der Waals surface area contributed by atoms with E-state index >= 15 is 0 Å². The van der Waals surface area contributed by atoms with Crippen LogP contribution >= 0.6 is 0 Å². The number of halogens is 3. The predicted octanol–water partition coefficient (Wildman–Crippen LogP) is -8.38. The fourth-order valence-corrected chi connectivity index (χ4v) is 5.32. The summed E-state index contributed by atoms with van der Waals surface area (Å²) >= 11 is 1.69. The summed E-state index contributed by atoms with van der Waals surface area (Å²) in [6.45, 7) is 0. The summed E-state index contributed by atoms with van der Waals surface area (Å²) in [5.74, 6) is 0. The van der Waals surface area contributed by atoms with Gasteiger partial charge in [-0.2, -0.15) is 0 Å². The van der Waals surface area contributed by atoms with Crippen LogP contribution in [-0.4, -0.2) is 15.8 Å². The summed E-state index contributed by atoms with van der Waals surface area (Å²) in [5.41, 5.74) is 1.53. The molecule has 1 atom stereocenters. The molecule has 0 spiro atoms. The SMILES string of the molecule is [Cl-].[Cl-].[Cl-].[Zr+3][C]1=C[AsH]c2ccccc21. The first-order valence-corrected chi connectivity index (χ1v) is 6.64. The minimum absolute atomic E-state index is 0. The molecule has 0 saturated heterocycles. The van der Waals surface area contributed by atoms with Gasteiger partial charge in [0.1, 0.15) is 0 Å². The summed E-state index contributed by atoms with van der Waals surface area (Å²) in [4.78, 5) is 2.45. The topological polar surface area (TPSA) is 0 Å². The molecule has 1 unspecified atom stereocenters. The first-order chi connectivity index (χ1) is 4.88. The second-order valence-electron chi connectivity index (χ2n) is 2.25. The quantitative estimate of drug-likeness (QED) is 0.396. The number of hydrogen-bond acceptors (Lipinski definition) is 0. The van der Waals surface area contributed by atoms with E-state index in [2.05, 4.69) is 29.1 Å². The van der Waals surface area contributed by atoms with Gasteiger partial charge in [-0.05, 0) is 0 Å². The van der Waals surface area contributed by atoms with Crippen LogP contribution in [-0.2, 0) is 24.7 Å². The molecule has 1 aromatic rings. The molecule has 0 fully saturated rings. The normalized spacial score (nSPS) is 13.2. The third-order valence-electron chi connectivity index (χ3n) is 1.59. The van der Waals surface area contributed by atoms with E-state index in [0.29, 0.717) is 0 Å². The van der Waals surface area contributed by atoms with Crippen LogP contribution in [0, 0.1) is 0 Å². The van der Waals surface area contributed by atoms with Gasteiger partial charge < -0.3 is 37.2 Å². The van der Waals surface area contributed by atoms with E-state index in [1.165, 1.54) is 5.56 Å². The van der Waals surface area contributed by atoms with E-state index < -0.39 is 0 Å². The zero-order valence-electron chi connectivity index (χ0n) is 6.52. The van der Waals surface area contributed by atoms with Crippen molar-refractivity contribution in [2.45, 2.75) is 0 Å². The molecule has 0 saturated carbocycles. The average Bonchev–Trinajstić information content (AvgIpc) is 2.34. The summed E-state index contributed by atoms with van der Waals surface area (Å²) in [6.07, 6.45) is 0. The molecule has 13 heavy (non-hydrogen) atoms. The van der Waals surface area contributed by atoms with Gasteiger partial charge in [0.2, 0.25) is 0 Å². The predicted molar refractivity (Wildman–Crippen MR) is 41.2 cm³/mol. The van der Waals surface area contributed by atoms with Gasteiger partial charge in [0.25, 0.3) is 0 Å². The van der Waals surface area contributed by atoms with Crippen molar-refractivity contribution in [2.24, 2.45) is 0 Å². The standard InChI is InChI=1S/C8H6As.3ClH.Zr/c1-2-4-8-7(3-1)5-6-9-8;;;;/h1-4,6,9H;3*1H;/q;;;;+3/p-3. The van der Waals surface area contributed by atoms with Gasteiger partial charge in [-0.15, -0.1) is 0 Å². The molecule has 0 bridgehead atoms. The molecule has 1 aliphatic rings. The molecule has 2 rings (SSSR count). The molecular weight excluding hydrogens is 369 g/mol. The van der Waals surface area contributed by atoms with Gasteiger partial charge >= 0.3 is 82.8 Å². The summed E-state index contributed by atoms with van der Waals surface area (Å²) in [7, 11) is 0. The van der Waals surface area contributed by atoms with Crippen molar-refractivity contribution in [3.63, 3.8) is 0 Å². The monoisotopic (exact) mass is 372 g/mol. The Bertz CT molecular complexity index is 301. The maximum atomic E-state index is 2.45. The second kappa shape index (κ2) is 7.55. The van der Waals surface area contributed by atoms with Crippen LogP contribution in [0.15, 0.2) is 29.1 Å². The Balaban J connectivity index is 0. The van der Waals surface area contributed by atoms with Crippen molar-refractivity contribution in [2.75, 3.05) is 0 Å².